The van der Waals surface area contributed by atoms with E-state index in [0.717, 1.165) is 4.90 Å². The van der Waals surface area contributed by atoms with Crippen molar-refractivity contribution in [1.82, 2.24) is 5.32 Å². The van der Waals surface area contributed by atoms with Crippen LogP contribution in [-0.2, 0) is 4.79 Å². The van der Waals surface area contributed by atoms with Gasteiger partial charge in [0.1, 0.15) is 0 Å². The molecular weight excluding hydrogens is 254 g/mol. The molecule has 1 rings (SSSR count). The van der Waals surface area contributed by atoms with E-state index in [4.69, 9.17) is 11.6 Å². The topological polar surface area (TPSA) is 29.1 Å². The van der Waals surface area contributed by atoms with Crippen LogP contribution in [0.2, 0.25) is 5.02 Å². The second-order valence-electron chi connectivity index (χ2n) is 4.54. The molecule has 0 aliphatic carbocycles. The molecule has 0 fully saturated rings. The first-order chi connectivity index (χ1) is 7.89. The third kappa shape index (κ3) is 5.29. The molecule has 4 heteroatoms. The van der Waals surface area contributed by atoms with Gasteiger partial charge in [0.2, 0.25) is 5.91 Å². The molecule has 2 nitrogen and oxygen atoms in total. The van der Waals surface area contributed by atoms with Crippen molar-refractivity contribution in [3.63, 3.8) is 0 Å². The summed E-state index contributed by atoms with van der Waals surface area (Å²) in [6.45, 7) is 5.57. The van der Waals surface area contributed by atoms with Crippen LogP contribution in [0.5, 0.6) is 0 Å². The largest absolute Gasteiger partial charge is 0.323 e. The van der Waals surface area contributed by atoms with E-state index in [2.05, 4.69) is 11.5 Å². The Bertz CT molecular complexity index is 406. The molecular formula is C13H15ClNOS. The Morgan fingerprint density at radius 1 is 1.35 bits per heavy atom. The van der Waals surface area contributed by atoms with Crippen molar-refractivity contribution in [2.45, 2.75) is 25.7 Å². The van der Waals surface area contributed by atoms with Crippen molar-refractivity contribution < 1.29 is 4.79 Å². The van der Waals surface area contributed by atoms with Crippen LogP contribution in [0.4, 0.5) is 0 Å². The fraction of sp³-hybridized carbons (Fsp3) is 0.308. The Hall–Kier alpha value is -0.930. The van der Waals surface area contributed by atoms with Crippen molar-refractivity contribution in [2.24, 2.45) is 5.41 Å². The van der Waals surface area contributed by atoms with Gasteiger partial charge >= 0.3 is 0 Å². The molecule has 0 saturated heterocycles. The van der Waals surface area contributed by atoms with Gasteiger partial charge in [-0.3, -0.25) is 4.79 Å². The molecule has 0 unspecified atom stereocenters. The van der Waals surface area contributed by atoms with E-state index in [9.17, 15) is 4.79 Å². The molecule has 0 spiro atoms. The second-order valence-corrected chi connectivity index (χ2v) is 5.92. The van der Waals surface area contributed by atoms with Crippen molar-refractivity contribution in [2.75, 3.05) is 0 Å². The molecule has 1 radical (unpaired) electrons. The van der Waals surface area contributed by atoms with Crippen molar-refractivity contribution in [3.05, 3.63) is 40.9 Å². The molecule has 0 atom stereocenters. The van der Waals surface area contributed by atoms with Crippen LogP contribution in [0.1, 0.15) is 20.8 Å². The Kier molecular flexibility index (Phi) is 5.09. The number of thioether (sulfide) groups is 1. The Labute approximate surface area is 111 Å². The van der Waals surface area contributed by atoms with Gasteiger partial charge in [-0.15, -0.1) is 0 Å². The average Bonchev–Trinajstić information content (AvgIpc) is 2.25. The monoisotopic (exact) mass is 268 g/mol. The van der Waals surface area contributed by atoms with Crippen LogP contribution < -0.4 is 5.32 Å². The van der Waals surface area contributed by atoms with Crippen LogP contribution in [0.25, 0.3) is 0 Å². The van der Waals surface area contributed by atoms with Gasteiger partial charge in [-0.2, -0.15) is 0 Å². The number of amides is 1. The predicted octanol–water partition coefficient (Wildman–Crippen LogP) is 3.87. The fourth-order valence-corrected chi connectivity index (χ4v) is 1.57. The summed E-state index contributed by atoms with van der Waals surface area (Å²) in [5.74, 6) is -0.0505. The van der Waals surface area contributed by atoms with Crippen molar-refractivity contribution in [3.8, 4) is 0 Å². The zero-order valence-electron chi connectivity index (χ0n) is 10.1. The van der Waals surface area contributed by atoms with Crippen LogP contribution >= 0.6 is 23.4 Å². The van der Waals surface area contributed by atoms with E-state index >= 15 is 0 Å². The highest BCUT2D eigenvalue weighted by atomic mass is 35.5. The van der Waals surface area contributed by atoms with E-state index in [1.807, 2.05) is 45.0 Å². The Balaban J connectivity index is 2.41. The van der Waals surface area contributed by atoms with Crippen LogP contribution in [0.15, 0.2) is 34.6 Å². The van der Waals surface area contributed by atoms with Gasteiger partial charge in [-0.25, -0.2) is 0 Å². The number of carbonyl (C=O) groups is 1. The third-order valence-electron chi connectivity index (χ3n) is 1.93. The summed E-state index contributed by atoms with van der Waals surface area (Å²) in [5, 5.41) is 5.04. The van der Waals surface area contributed by atoms with Crippen LogP contribution in [0, 0.1) is 11.6 Å². The number of hydrogen-bond donors (Lipinski definition) is 1. The third-order valence-corrected chi connectivity index (χ3v) is 2.97. The highest BCUT2D eigenvalue weighted by molar-refractivity contribution is 8.02. The summed E-state index contributed by atoms with van der Waals surface area (Å²) in [5.41, 5.74) is -0.397. The van der Waals surface area contributed by atoms with E-state index in [1.165, 1.54) is 11.8 Å². The molecule has 91 valence electrons. The maximum Gasteiger partial charge on any atom is 0.229 e. The minimum atomic E-state index is -0.397. The molecule has 17 heavy (non-hydrogen) atoms. The molecule has 1 N–H and O–H groups in total. The SMILES string of the molecule is CC(C)(C)C(=O)N/[C]=C\Sc1ccc(Cl)cc1. The second kappa shape index (κ2) is 6.12. The first kappa shape index (κ1) is 14.1. The first-order valence-electron chi connectivity index (χ1n) is 5.19. The number of nitrogens with one attached hydrogen (secondary N) is 1. The lowest BCUT2D eigenvalue weighted by molar-refractivity contribution is -0.127. The smallest absolute Gasteiger partial charge is 0.229 e. The van der Waals surface area contributed by atoms with Gasteiger partial charge in [-0.1, -0.05) is 44.1 Å². The average molecular weight is 269 g/mol. The van der Waals surface area contributed by atoms with Gasteiger partial charge in [0.15, 0.2) is 0 Å². The molecule has 0 aliphatic heterocycles. The molecule has 1 aromatic carbocycles. The number of rotatable bonds is 3. The lowest BCUT2D eigenvalue weighted by Crippen LogP contribution is -2.31. The lowest BCUT2D eigenvalue weighted by atomic mass is 9.96. The van der Waals surface area contributed by atoms with E-state index in [1.54, 1.807) is 5.41 Å². The normalized spacial score (nSPS) is 11.8. The molecule has 0 bridgehead atoms. The van der Waals surface area contributed by atoms with E-state index in [-0.39, 0.29) is 5.91 Å². The number of hydrogen-bond acceptors (Lipinski definition) is 2. The van der Waals surface area contributed by atoms with Crippen LogP contribution in [-0.4, -0.2) is 5.91 Å². The van der Waals surface area contributed by atoms with E-state index < -0.39 is 5.41 Å². The maximum atomic E-state index is 11.5. The minimum absolute atomic E-state index is 0.0505. The zero-order chi connectivity index (χ0) is 12.9. The summed E-state index contributed by atoms with van der Waals surface area (Å²) in [4.78, 5) is 12.5. The van der Waals surface area contributed by atoms with Gasteiger partial charge in [0.25, 0.3) is 0 Å². The number of benzene rings is 1. The predicted molar refractivity (Wildman–Crippen MR) is 72.7 cm³/mol. The molecule has 1 aromatic rings. The van der Waals surface area contributed by atoms with Crippen molar-refractivity contribution in [1.29, 1.82) is 0 Å². The lowest BCUT2D eigenvalue weighted by Gasteiger charge is -2.14. The maximum absolute atomic E-state index is 11.5. The molecule has 0 saturated carbocycles. The summed E-state index contributed by atoms with van der Waals surface area (Å²) in [6, 6.07) is 7.48. The summed E-state index contributed by atoms with van der Waals surface area (Å²) < 4.78 is 0. The van der Waals surface area contributed by atoms with Crippen molar-refractivity contribution >= 4 is 29.3 Å². The summed E-state index contributed by atoms with van der Waals surface area (Å²) in [6.07, 6.45) is 2.76. The molecule has 0 aliphatic rings. The highest BCUT2D eigenvalue weighted by Gasteiger charge is 2.19. The standard InChI is InChI=1S/C13H15ClNOS/c1-13(2,3)12(16)15-8-9-17-11-6-4-10(14)5-7-11/h4-7,9H,1-3H3,(H,15,16). The van der Waals surface area contributed by atoms with Gasteiger partial charge in [-0.05, 0) is 24.3 Å². The molecule has 0 heterocycles. The molecule has 1 amide bonds. The Morgan fingerprint density at radius 3 is 2.47 bits per heavy atom. The number of carbonyl (C=O) groups excluding carboxylic acids is 1. The minimum Gasteiger partial charge on any atom is -0.323 e. The van der Waals surface area contributed by atoms with Gasteiger partial charge in [0, 0.05) is 20.7 Å². The van der Waals surface area contributed by atoms with Gasteiger partial charge < -0.3 is 5.32 Å². The number of halogens is 1. The zero-order valence-corrected chi connectivity index (χ0v) is 11.7. The Morgan fingerprint density at radius 2 is 1.94 bits per heavy atom. The highest BCUT2D eigenvalue weighted by Crippen LogP contribution is 2.20. The summed E-state index contributed by atoms with van der Waals surface area (Å²) in [7, 11) is 0. The summed E-state index contributed by atoms with van der Waals surface area (Å²) >= 11 is 7.24. The van der Waals surface area contributed by atoms with Gasteiger partial charge in [0.05, 0.1) is 6.20 Å². The first-order valence-corrected chi connectivity index (χ1v) is 6.45. The fourth-order valence-electron chi connectivity index (χ4n) is 0.893. The molecule has 0 aromatic heterocycles. The quantitative estimate of drug-likeness (QED) is 0.666. The van der Waals surface area contributed by atoms with Crippen LogP contribution in [0.3, 0.4) is 0 Å². The van der Waals surface area contributed by atoms with E-state index in [0.29, 0.717) is 5.02 Å².